The molecule has 0 saturated carbocycles. The molecule has 128 valence electrons. The third kappa shape index (κ3) is 9.39. The second kappa shape index (κ2) is 10.2. The molecule has 2 unspecified atom stereocenters. The van der Waals surface area contributed by atoms with E-state index in [-0.39, 0.29) is 12.5 Å². The smallest absolute Gasteiger partial charge is 0.408 e. The van der Waals surface area contributed by atoms with Crippen LogP contribution in [0.1, 0.15) is 46.5 Å². The number of ether oxygens (including phenoxy) is 2. The van der Waals surface area contributed by atoms with Gasteiger partial charge in [-0.2, -0.15) is 0 Å². The number of carbonyl (C=O) groups excluding carboxylic acids is 1. The van der Waals surface area contributed by atoms with Crippen LogP contribution in [0.5, 0.6) is 0 Å². The quantitative estimate of drug-likeness (QED) is 0.478. The Balaban J connectivity index is 4.71. The fourth-order valence-corrected chi connectivity index (χ4v) is 2.07. The zero-order chi connectivity index (χ0) is 17.2. The van der Waals surface area contributed by atoms with Crippen molar-refractivity contribution in [3.8, 4) is 0 Å². The number of amides is 1. The molecule has 22 heavy (non-hydrogen) atoms. The molecule has 0 rings (SSSR count). The van der Waals surface area contributed by atoms with Crippen LogP contribution in [0.3, 0.4) is 0 Å². The molecule has 6 nitrogen and oxygen atoms in total. The van der Waals surface area contributed by atoms with Gasteiger partial charge in [0, 0.05) is 13.0 Å². The lowest BCUT2D eigenvalue weighted by atomic mass is 9.94. The largest absolute Gasteiger partial charge is 0.480 e. The Labute approximate surface area is 132 Å². The zero-order valence-electron chi connectivity index (χ0n) is 14.1. The van der Waals surface area contributed by atoms with Crippen molar-refractivity contribution in [3.63, 3.8) is 0 Å². The third-order valence-corrected chi connectivity index (χ3v) is 3.02. The first-order valence-electron chi connectivity index (χ1n) is 7.53. The first kappa shape index (κ1) is 20.4. The monoisotopic (exact) mass is 315 g/mol. The van der Waals surface area contributed by atoms with E-state index in [0.29, 0.717) is 6.42 Å². The van der Waals surface area contributed by atoms with Gasteiger partial charge in [-0.25, -0.2) is 9.59 Å². The summed E-state index contributed by atoms with van der Waals surface area (Å²) in [6, 6.07) is -1.03. The Morgan fingerprint density at radius 1 is 1.32 bits per heavy atom. The second-order valence-electron chi connectivity index (χ2n) is 6.25. The summed E-state index contributed by atoms with van der Waals surface area (Å²) < 4.78 is 10.2. The number of hydrogen-bond donors (Lipinski definition) is 2. The minimum absolute atomic E-state index is 0.265. The number of carboxylic acid groups (broad SMARTS) is 1. The van der Waals surface area contributed by atoms with Crippen molar-refractivity contribution in [2.45, 2.75) is 58.1 Å². The van der Waals surface area contributed by atoms with Gasteiger partial charge in [0.25, 0.3) is 0 Å². The summed E-state index contributed by atoms with van der Waals surface area (Å²) in [6.45, 7) is 9.10. The Bertz CT molecular complexity index is 362. The van der Waals surface area contributed by atoms with Crippen LogP contribution in [-0.4, -0.2) is 42.5 Å². The van der Waals surface area contributed by atoms with E-state index in [1.54, 1.807) is 20.8 Å². The first-order valence-corrected chi connectivity index (χ1v) is 7.53. The maximum Gasteiger partial charge on any atom is 0.408 e. The van der Waals surface area contributed by atoms with E-state index < -0.39 is 23.7 Å². The van der Waals surface area contributed by atoms with Crippen molar-refractivity contribution in [1.82, 2.24) is 5.32 Å². The van der Waals surface area contributed by atoms with E-state index in [1.165, 1.54) is 7.11 Å². The molecule has 2 atom stereocenters. The Hall–Kier alpha value is -1.56. The summed E-state index contributed by atoms with van der Waals surface area (Å²) in [5.74, 6) is -1.39. The number of carbonyl (C=O) groups is 2. The predicted octanol–water partition coefficient (Wildman–Crippen LogP) is 2.97. The summed E-state index contributed by atoms with van der Waals surface area (Å²) in [4.78, 5) is 23.3. The zero-order valence-corrected chi connectivity index (χ0v) is 14.1. The van der Waals surface area contributed by atoms with Gasteiger partial charge < -0.3 is 19.9 Å². The molecule has 0 aliphatic carbocycles. The molecular weight excluding hydrogens is 286 g/mol. The predicted molar refractivity (Wildman–Crippen MR) is 84.8 cm³/mol. The van der Waals surface area contributed by atoms with Gasteiger partial charge in [-0.15, -0.1) is 6.58 Å². The summed E-state index contributed by atoms with van der Waals surface area (Å²) in [6.07, 6.45) is 4.42. The normalized spacial score (nSPS) is 14.0. The third-order valence-electron chi connectivity index (χ3n) is 3.02. The maximum absolute atomic E-state index is 11.8. The highest BCUT2D eigenvalue weighted by molar-refractivity contribution is 5.80. The topological polar surface area (TPSA) is 84.9 Å². The second-order valence-corrected chi connectivity index (χ2v) is 6.25. The molecule has 0 aromatic rings. The lowest BCUT2D eigenvalue weighted by Crippen LogP contribution is -2.48. The summed E-state index contributed by atoms with van der Waals surface area (Å²) in [5.41, 5.74) is -0.673. The number of unbranched alkanes of at least 4 members (excludes halogenated alkanes) is 2. The van der Waals surface area contributed by atoms with Crippen LogP contribution in [0.25, 0.3) is 0 Å². The highest BCUT2D eigenvalue weighted by Crippen LogP contribution is 2.16. The van der Waals surface area contributed by atoms with Gasteiger partial charge in [-0.1, -0.05) is 12.5 Å². The first-order chi connectivity index (χ1) is 10.2. The molecule has 0 aliphatic heterocycles. The molecule has 0 aliphatic rings. The number of nitrogens with one attached hydrogen (secondary N) is 1. The summed E-state index contributed by atoms with van der Waals surface area (Å²) in [7, 11) is 1.52. The number of methoxy groups -OCH3 is 1. The van der Waals surface area contributed by atoms with Crippen LogP contribution in [0.4, 0.5) is 4.79 Å². The Morgan fingerprint density at radius 3 is 2.41 bits per heavy atom. The fraction of sp³-hybridized carbons (Fsp3) is 0.750. The molecular formula is C16H29NO5. The highest BCUT2D eigenvalue weighted by atomic mass is 16.6. The van der Waals surface area contributed by atoms with Crippen molar-refractivity contribution in [3.05, 3.63) is 12.7 Å². The molecule has 0 saturated heterocycles. The summed E-state index contributed by atoms with van der Waals surface area (Å²) in [5, 5.41) is 11.8. The fourth-order valence-electron chi connectivity index (χ4n) is 2.07. The van der Waals surface area contributed by atoms with E-state index in [4.69, 9.17) is 9.47 Å². The lowest BCUT2D eigenvalue weighted by molar-refractivity contribution is -0.141. The van der Waals surface area contributed by atoms with Gasteiger partial charge in [-0.05, 0) is 40.0 Å². The van der Waals surface area contributed by atoms with Gasteiger partial charge in [0.1, 0.15) is 11.6 Å². The number of allylic oxidation sites excluding steroid dienone is 1. The molecule has 0 aromatic heterocycles. The van der Waals surface area contributed by atoms with Crippen molar-refractivity contribution in [2.75, 3.05) is 13.7 Å². The Kier molecular flexibility index (Phi) is 9.49. The molecule has 0 bridgehead atoms. The highest BCUT2D eigenvalue weighted by Gasteiger charge is 2.31. The van der Waals surface area contributed by atoms with Crippen LogP contribution in [-0.2, 0) is 14.3 Å². The van der Waals surface area contributed by atoms with Gasteiger partial charge in [-0.3, -0.25) is 0 Å². The van der Waals surface area contributed by atoms with E-state index in [2.05, 4.69) is 11.9 Å². The molecule has 0 heterocycles. The number of aliphatic carboxylic acids is 1. The van der Waals surface area contributed by atoms with Crippen molar-refractivity contribution in [2.24, 2.45) is 5.92 Å². The number of rotatable bonds is 10. The average Bonchev–Trinajstić information content (AvgIpc) is 2.37. The molecule has 6 heteroatoms. The van der Waals surface area contributed by atoms with Crippen LogP contribution in [0.15, 0.2) is 12.7 Å². The van der Waals surface area contributed by atoms with Crippen molar-refractivity contribution < 1.29 is 24.2 Å². The van der Waals surface area contributed by atoms with E-state index in [9.17, 15) is 14.7 Å². The molecule has 0 fully saturated rings. The van der Waals surface area contributed by atoms with Crippen molar-refractivity contribution >= 4 is 12.1 Å². The number of alkyl carbamates (subject to hydrolysis) is 1. The number of hydrogen-bond acceptors (Lipinski definition) is 4. The minimum atomic E-state index is -1.09. The van der Waals surface area contributed by atoms with Crippen LogP contribution in [0.2, 0.25) is 0 Å². The van der Waals surface area contributed by atoms with E-state index in [1.807, 2.05) is 6.08 Å². The van der Waals surface area contributed by atoms with Gasteiger partial charge in [0.2, 0.25) is 0 Å². The minimum Gasteiger partial charge on any atom is -0.480 e. The van der Waals surface area contributed by atoms with Gasteiger partial charge in [0.05, 0.1) is 6.61 Å². The van der Waals surface area contributed by atoms with Gasteiger partial charge in [0.15, 0.2) is 0 Å². The lowest BCUT2D eigenvalue weighted by Gasteiger charge is -2.26. The molecule has 2 N–H and O–H groups in total. The number of carboxylic acids is 1. The molecule has 0 radical (unpaired) electrons. The maximum atomic E-state index is 11.8. The molecule has 0 spiro atoms. The standard InChI is InChI=1S/C16H29NO5/c1-6-7-8-9-10-12(11-21-5)13(14(18)19)17-15(20)22-16(2,3)4/h6,12-13H,1,7-11H2,2-5H3,(H,17,20)(H,18,19). The SMILES string of the molecule is C=CCCCCC(COC)C(NC(=O)OC(C)(C)C)C(=O)O. The summed E-state index contributed by atoms with van der Waals surface area (Å²) >= 11 is 0. The van der Waals surface area contributed by atoms with E-state index in [0.717, 1.165) is 19.3 Å². The van der Waals surface area contributed by atoms with Crippen LogP contribution in [0, 0.1) is 5.92 Å². The van der Waals surface area contributed by atoms with Crippen molar-refractivity contribution in [1.29, 1.82) is 0 Å². The average molecular weight is 315 g/mol. The van der Waals surface area contributed by atoms with Crippen LogP contribution >= 0.6 is 0 Å². The Morgan fingerprint density at radius 2 is 1.95 bits per heavy atom. The van der Waals surface area contributed by atoms with E-state index >= 15 is 0 Å². The van der Waals surface area contributed by atoms with Crippen LogP contribution < -0.4 is 5.32 Å². The van der Waals surface area contributed by atoms with Gasteiger partial charge >= 0.3 is 12.1 Å². The molecule has 0 aromatic carbocycles. The molecule has 1 amide bonds.